The molecule has 2 rings (SSSR count). The lowest BCUT2D eigenvalue weighted by Gasteiger charge is -2.15. The predicted molar refractivity (Wildman–Crippen MR) is 111 cm³/mol. The van der Waals surface area contributed by atoms with Gasteiger partial charge in [-0.15, -0.1) is 0 Å². The Kier molecular flexibility index (Phi) is 7.43. The standard InChI is InChI=1S/C20H21N3O6S/c1-14(16-6-10-18(11-7-16)30(2,28)29)22-20(25)13-21-19(24)12-5-15-3-8-17(9-4-15)23(26)27/h3-12,14H,13H2,1-2H3,(H,21,24)(H,22,25)/b12-5+. The molecular formula is C20H21N3O6S. The van der Waals surface area contributed by atoms with Crippen LogP contribution < -0.4 is 10.6 Å². The van der Waals surface area contributed by atoms with E-state index in [4.69, 9.17) is 0 Å². The van der Waals surface area contributed by atoms with Crippen molar-refractivity contribution in [1.29, 1.82) is 0 Å². The first-order chi connectivity index (χ1) is 14.1. The average molecular weight is 431 g/mol. The normalized spacial score (nSPS) is 12.3. The summed E-state index contributed by atoms with van der Waals surface area (Å²) in [4.78, 5) is 34.2. The summed E-state index contributed by atoms with van der Waals surface area (Å²) in [7, 11) is -3.29. The van der Waals surface area contributed by atoms with Gasteiger partial charge >= 0.3 is 0 Å². The summed E-state index contributed by atoms with van der Waals surface area (Å²) in [6, 6.07) is 11.5. The molecule has 10 heteroatoms. The van der Waals surface area contributed by atoms with Crippen molar-refractivity contribution in [2.24, 2.45) is 0 Å². The molecule has 2 aromatic carbocycles. The predicted octanol–water partition coefficient (Wildman–Crippen LogP) is 2.01. The first-order valence-corrected chi connectivity index (χ1v) is 10.7. The smallest absolute Gasteiger partial charge is 0.269 e. The van der Waals surface area contributed by atoms with E-state index in [1.807, 2.05) is 0 Å². The van der Waals surface area contributed by atoms with Gasteiger partial charge in [0.05, 0.1) is 22.4 Å². The number of nitrogens with zero attached hydrogens (tertiary/aromatic N) is 1. The van der Waals surface area contributed by atoms with Crippen LogP contribution in [0.1, 0.15) is 24.1 Å². The van der Waals surface area contributed by atoms with Gasteiger partial charge in [-0.3, -0.25) is 19.7 Å². The molecule has 30 heavy (non-hydrogen) atoms. The lowest BCUT2D eigenvalue weighted by molar-refractivity contribution is -0.384. The Bertz CT molecular complexity index is 1060. The van der Waals surface area contributed by atoms with Crippen molar-refractivity contribution in [3.05, 3.63) is 75.8 Å². The Morgan fingerprint density at radius 3 is 2.23 bits per heavy atom. The molecule has 0 radical (unpaired) electrons. The number of hydrogen-bond acceptors (Lipinski definition) is 6. The zero-order valence-electron chi connectivity index (χ0n) is 16.4. The number of benzene rings is 2. The first kappa shape index (κ1) is 22.8. The van der Waals surface area contributed by atoms with Crippen LogP contribution in [0, 0.1) is 10.1 Å². The minimum Gasteiger partial charge on any atom is -0.348 e. The highest BCUT2D eigenvalue weighted by Crippen LogP contribution is 2.16. The third-order valence-corrected chi connectivity index (χ3v) is 5.27. The number of carbonyl (C=O) groups is 2. The van der Waals surface area contributed by atoms with E-state index in [2.05, 4.69) is 10.6 Å². The molecule has 0 heterocycles. The van der Waals surface area contributed by atoms with Gasteiger partial charge in [-0.05, 0) is 48.4 Å². The van der Waals surface area contributed by atoms with Crippen molar-refractivity contribution in [3.63, 3.8) is 0 Å². The number of nitro benzene ring substituents is 1. The molecule has 0 aliphatic carbocycles. The topological polar surface area (TPSA) is 135 Å². The number of rotatable bonds is 8. The molecule has 0 aliphatic rings. The zero-order chi connectivity index (χ0) is 22.3. The SMILES string of the molecule is CC(NC(=O)CNC(=O)/C=C/c1ccc([N+](=O)[O-])cc1)c1ccc(S(C)(=O)=O)cc1. The molecule has 158 valence electrons. The van der Waals surface area contributed by atoms with Crippen LogP contribution in [0.5, 0.6) is 0 Å². The Hall–Kier alpha value is -3.53. The van der Waals surface area contributed by atoms with Gasteiger partial charge in [-0.25, -0.2) is 8.42 Å². The zero-order valence-corrected chi connectivity index (χ0v) is 17.2. The summed E-state index contributed by atoms with van der Waals surface area (Å²) in [5.74, 6) is -0.902. The van der Waals surface area contributed by atoms with Crippen molar-refractivity contribution in [2.75, 3.05) is 12.8 Å². The number of hydrogen-bond donors (Lipinski definition) is 2. The third kappa shape index (κ3) is 6.82. The molecule has 0 aromatic heterocycles. The second-order valence-electron chi connectivity index (χ2n) is 6.53. The summed E-state index contributed by atoms with van der Waals surface area (Å²) in [5, 5.41) is 15.8. The van der Waals surface area contributed by atoms with Crippen molar-refractivity contribution in [2.45, 2.75) is 17.9 Å². The molecule has 2 aromatic rings. The highest BCUT2D eigenvalue weighted by atomic mass is 32.2. The Morgan fingerprint density at radius 1 is 1.10 bits per heavy atom. The van der Waals surface area contributed by atoms with Gasteiger partial charge in [-0.2, -0.15) is 0 Å². The Balaban J connectivity index is 1.83. The molecule has 0 saturated heterocycles. The van der Waals surface area contributed by atoms with Crippen LogP contribution >= 0.6 is 0 Å². The minimum absolute atomic E-state index is 0.0478. The molecule has 2 amide bonds. The minimum atomic E-state index is -3.29. The van der Waals surface area contributed by atoms with Crippen LogP contribution in [0.2, 0.25) is 0 Å². The quantitative estimate of drug-likeness (QED) is 0.373. The number of nitrogens with one attached hydrogen (secondary N) is 2. The highest BCUT2D eigenvalue weighted by molar-refractivity contribution is 7.90. The van der Waals surface area contributed by atoms with Crippen LogP contribution in [-0.2, 0) is 19.4 Å². The molecule has 0 spiro atoms. The molecule has 9 nitrogen and oxygen atoms in total. The fourth-order valence-corrected chi connectivity index (χ4v) is 3.12. The van der Waals surface area contributed by atoms with E-state index in [0.29, 0.717) is 5.56 Å². The van der Waals surface area contributed by atoms with Crippen LogP contribution in [-0.4, -0.2) is 38.0 Å². The number of nitro groups is 1. The van der Waals surface area contributed by atoms with Crippen molar-refractivity contribution >= 4 is 33.4 Å². The fraction of sp³-hybridized carbons (Fsp3) is 0.200. The van der Waals surface area contributed by atoms with Crippen molar-refractivity contribution in [1.82, 2.24) is 10.6 Å². The molecule has 0 bridgehead atoms. The number of carbonyl (C=O) groups excluding carboxylic acids is 2. The lowest BCUT2D eigenvalue weighted by Crippen LogP contribution is -2.37. The van der Waals surface area contributed by atoms with Gasteiger partial charge < -0.3 is 10.6 Å². The van der Waals surface area contributed by atoms with Crippen LogP contribution in [0.3, 0.4) is 0 Å². The van der Waals surface area contributed by atoms with Gasteiger partial charge in [0.1, 0.15) is 0 Å². The van der Waals surface area contributed by atoms with E-state index in [0.717, 1.165) is 11.8 Å². The van der Waals surface area contributed by atoms with Crippen LogP contribution in [0.15, 0.2) is 59.5 Å². The molecule has 2 N–H and O–H groups in total. The second-order valence-corrected chi connectivity index (χ2v) is 8.55. The summed E-state index contributed by atoms with van der Waals surface area (Å²) in [6.45, 7) is 1.50. The number of non-ortho nitro benzene ring substituents is 1. The van der Waals surface area contributed by atoms with Crippen LogP contribution in [0.4, 0.5) is 5.69 Å². The summed E-state index contributed by atoms with van der Waals surface area (Å²) < 4.78 is 23.0. The number of sulfone groups is 1. The van der Waals surface area contributed by atoms with Gasteiger partial charge in [0.25, 0.3) is 5.69 Å². The van der Waals surface area contributed by atoms with E-state index in [9.17, 15) is 28.1 Å². The van der Waals surface area contributed by atoms with E-state index in [1.54, 1.807) is 19.1 Å². The molecule has 0 saturated carbocycles. The van der Waals surface area contributed by atoms with Crippen molar-refractivity contribution < 1.29 is 22.9 Å². The molecular weight excluding hydrogens is 410 g/mol. The Labute approximate surface area is 173 Å². The molecule has 1 unspecified atom stereocenters. The highest BCUT2D eigenvalue weighted by Gasteiger charge is 2.12. The maximum atomic E-state index is 12.0. The lowest BCUT2D eigenvalue weighted by atomic mass is 10.1. The van der Waals surface area contributed by atoms with Crippen molar-refractivity contribution in [3.8, 4) is 0 Å². The van der Waals surface area contributed by atoms with E-state index in [-0.39, 0.29) is 23.2 Å². The first-order valence-electron chi connectivity index (χ1n) is 8.86. The Morgan fingerprint density at radius 2 is 1.70 bits per heavy atom. The number of amides is 2. The third-order valence-electron chi connectivity index (χ3n) is 4.14. The van der Waals surface area contributed by atoms with E-state index in [1.165, 1.54) is 48.6 Å². The van der Waals surface area contributed by atoms with Gasteiger partial charge in [0.15, 0.2) is 9.84 Å². The summed E-state index contributed by atoms with van der Waals surface area (Å²) in [6.07, 6.45) is 3.82. The molecule has 0 aliphatic heterocycles. The summed E-state index contributed by atoms with van der Waals surface area (Å²) >= 11 is 0. The molecule has 1 atom stereocenters. The monoisotopic (exact) mass is 431 g/mol. The maximum Gasteiger partial charge on any atom is 0.269 e. The van der Waals surface area contributed by atoms with E-state index < -0.39 is 26.6 Å². The van der Waals surface area contributed by atoms with Gasteiger partial charge in [-0.1, -0.05) is 12.1 Å². The van der Waals surface area contributed by atoms with E-state index >= 15 is 0 Å². The maximum absolute atomic E-state index is 12.0. The fourth-order valence-electron chi connectivity index (χ4n) is 2.48. The molecule has 0 fully saturated rings. The van der Waals surface area contributed by atoms with Gasteiger partial charge in [0, 0.05) is 24.5 Å². The summed E-state index contributed by atoms with van der Waals surface area (Å²) in [5.41, 5.74) is 1.28. The largest absolute Gasteiger partial charge is 0.348 e. The van der Waals surface area contributed by atoms with Gasteiger partial charge in [0.2, 0.25) is 11.8 Å². The van der Waals surface area contributed by atoms with Crippen LogP contribution in [0.25, 0.3) is 6.08 Å². The average Bonchev–Trinajstić information content (AvgIpc) is 2.70. The second kappa shape index (κ2) is 9.79.